The number of carboxylic acid groups (broad SMARTS) is 2. The van der Waals surface area contributed by atoms with Gasteiger partial charge in [-0.1, -0.05) is 30.3 Å². The predicted octanol–water partition coefficient (Wildman–Crippen LogP) is 1.29. The normalized spacial score (nSPS) is 18.6. The van der Waals surface area contributed by atoms with Crippen LogP contribution < -0.4 is 63.7 Å². The Labute approximate surface area is 700 Å². The van der Waals surface area contributed by atoms with E-state index in [1.807, 2.05) is 19.6 Å². The fourth-order valence-electron chi connectivity index (χ4n) is 14.8. The molecule has 36 nitrogen and oxygen atoms in total. The number of amides is 10. The molecule has 5 aliphatic heterocycles. The second-order valence-electron chi connectivity index (χ2n) is 29.6. The second-order valence-corrected chi connectivity index (χ2v) is 29.6. The summed E-state index contributed by atoms with van der Waals surface area (Å²) in [4.78, 5) is 187. The van der Waals surface area contributed by atoms with Crippen molar-refractivity contribution in [2.45, 2.75) is 44.6 Å². The first kappa shape index (κ1) is 89.2. The molecule has 12 bridgehead atoms. The molecule has 6 aliphatic rings. The molecule has 3 unspecified atom stereocenters. The number of phenols is 5. The van der Waals surface area contributed by atoms with Gasteiger partial charge in [-0.15, -0.1) is 0 Å². The molecule has 6 aromatic rings. The average molecular weight is 1680 g/mol. The van der Waals surface area contributed by atoms with Crippen LogP contribution in [0.25, 0.3) is 33.4 Å². The zero-order chi connectivity index (χ0) is 86.9. The summed E-state index contributed by atoms with van der Waals surface area (Å²) in [7, 11) is 0. The first-order valence-electron chi connectivity index (χ1n) is 40.3. The number of nitrogens with one attached hydrogen (secondary N) is 10. The fraction of sp³-hybridized carbons (Fsp3) is 0.360. The number of fused-ring (bicyclic) bond motifs is 18. The van der Waals surface area contributed by atoms with Gasteiger partial charge in [-0.05, 0) is 123 Å². The number of para-hydroxylation sites is 4. The van der Waals surface area contributed by atoms with E-state index in [-0.39, 0.29) is 272 Å². The number of hydrogen-bond donors (Lipinski definition) is 16. The molecule has 0 aromatic heterocycles. The Bertz CT molecular complexity index is 5160. The third kappa shape index (κ3) is 23.9. The average Bonchev–Trinajstić information content (AvgIpc) is 0.745. The quantitative estimate of drug-likeness (QED) is 0.0425. The first-order chi connectivity index (χ1) is 58.8. The number of phenolic OH excluding ortho intramolecular Hbond substituents is 5. The van der Waals surface area contributed by atoms with E-state index in [9.17, 15) is 98.1 Å². The highest BCUT2D eigenvalue weighted by atomic mass is 16.4. The van der Waals surface area contributed by atoms with Gasteiger partial charge in [0.2, 0.25) is 5.91 Å². The molecule has 0 saturated heterocycles. The fourth-order valence-corrected chi connectivity index (χ4v) is 14.8. The zero-order valence-electron chi connectivity index (χ0n) is 67.0. The highest BCUT2D eigenvalue weighted by molar-refractivity contribution is 6.10. The lowest BCUT2D eigenvalue weighted by Crippen LogP contribution is -2.49. The van der Waals surface area contributed by atoms with Crippen LogP contribution in [0.15, 0.2) is 137 Å². The van der Waals surface area contributed by atoms with Crippen LogP contribution in [0.4, 0.5) is 0 Å². The van der Waals surface area contributed by atoms with Crippen molar-refractivity contribution in [2.24, 2.45) is 0 Å². The number of rotatable bonds is 18. The predicted molar refractivity (Wildman–Crippen MR) is 443 cm³/mol. The molecule has 0 radical (unpaired) electrons. The Hall–Kier alpha value is -13.6. The number of nitrogens with zero attached hydrogens (tertiary/aromatic N) is 5. The highest BCUT2D eigenvalue weighted by Gasteiger charge is 2.29. The molecule has 0 saturated carbocycles. The molecule has 12 rings (SSSR count). The third-order valence-electron chi connectivity index (χ3n) is 21.4. The van der Waals surface area contributed by atoms with E-state index in [4.69, 9.17) is 4.42 Å². The van der Waals surface area contributed by atoms with Crippen LogP contribution in [0.2, 0.25) is 0 Å². The number of unbranched alkanes of at least 4 members (excludes halogenated alkanes) is 1. The van der Waals surface area contributed by atoms with Gasteiger partial charge < -0.3 is 103 Å². The maximum Gasteiger partial charge on any atom is 0.303 e. The van der Waals surface area contributed by atoms with Crippen molar-refractivity contribution in [2.75, 3.05) is 157 Å². The highest BCUT2D eigenvalue weighted by Crippen LogP contribution is 2.42. The van der Waals surface area contributed by atoms with E-state index in [2.05, 4.69) is 53.2 Å². The van der Waals surface area contributed by atoms with Gasteiger partial charge in [0.1, 0.15) is 40.1 Å². The van der Waals surface area contributed by atoms with E-state index in [0.29, 0.717) is 29.4 Å². The Morgan fingerprint density at radius 2 is 0.852 bits per heavy atom. The molecular formula is C86H98N15O21-. The molecular weight excluding hydrogens is 1580 g/mol. The molecule has 0 spiro atoms. The van der Waals surface area contributed by atoms with E-state index >= 15 is 0 Å². The lowest BCUT2D eigenvalue weighted by molar-refractivity contribution is -0.255. The van der Waals surface area contributed by atoms with Gasteiger partial charge in [0.25, 0.3) is 53.2 Å². The van der Waals surface area contributed by atoms with Gasteiger partial charge in [0, 0.05) is 209 Å². The van der Waals surface area contributed by atoms with Crippen molar-refractivity contribution in [3.05, 3.63) is 193 Å². The molecule has 16 N–H and O–H groups in total. The number of carboxylic acids is 2. The summed E-state index contributed by atoms with van der Waals surface area (Å²) in [5.41, 5.74) is -1.48. The number of carbonyl (C=O) groups is 12. The van der Waals surface area contributed by atoms with Gasteiger partial charge >= 0.3 is 5.97 Å². The lowest BCUT2D eigenvalue weighted by Gasteiger charge is -2.31. The maximum absolute atomic E-state index is 14.8. The molecule has 644 valence electrons. The minimum absolute atomic E-state index is 0.00276. The molecule has 36 heteroatoms. The van der Waals surface area contributed by atoms with Crippen LogP contribution in [0.3, 0.4) is 0 Å². The Balaban J connectivity index is 0.836. The lowest BCUT2D eigenvalue weighted by atomic mass is 9.90. The summed E-state index contributed by atoms with van der Waals surface area (Å²) in [6, 6.07) is 28.0. The van der Waals surface area contributed by atoms with Crippen LogP contribution in [-0.4, -0.2) is 289 Å². The summed E-state index contributed by atoms with van der Waals surface area (Å²) in [5, 5.41) is 108. The van der Waals surface area contributed by atoms with E-state index in [1.165, 1.54) is 121 Å². The summed E-state index contributed by atoms with van der Waals surface area (Å²) in [5.74, 6) is -11.9. The van der Waals surface area contributed by atoms with Crippen molar-refractivity contribution in [1.29, 1.82) is 0 Å². The van der Waals surface area contributed by atoms with Crippen LogP contribution in [0.5, 0.6) is 28.7 Å². The Kier molecular flexibility index (Phi) is 31.4. The SMILES string of the molecule is O=C(O)CCCN(CCNC(=O)c1ccc(-c2c3ccc(=O)cc-3oc3cc(O)ccc23)c(C(=O)[O-])c1)CCC(=O)NCCCCC1CN2CCNC(=O)c3cccc(c3O)C(=O)NCCN(CCNC(=O)c3cccc(c3O)C(=O)N1)CCN1CCNC(=O)c3cccc(c3O)C(=O)NCCN(CCNC(=O)c3cccc(c3O)C(=O)NCC1)CC2. The van der Waals surface area contributed by atoms with Gasteiger partial charge in [0.05, 0.1) is 50.5 Å². The summed E-state index contributed by atoms with van der Waals surface area (Å²) >= 11 is 0. The topological polar surface area (TPSA) is 516 Å². The van der Waals surface area contributed by atoms with Crippen molar-refractivity contribution in [1.82, 2.24) is 77.7 Å². The van der Waals surface area contributed by atoms with E-state index in [0.717, 1.165) is 6.07 Å². The largest absolute Gasteiger partial charge is 0.545 e. The zero-order valence-corrected chi connectivity index (χ0v) is 67.0. The molecule has 0 fully saturated rings. The number of aliphatic carboxylic acids is 1. The second kappa shape index (κ2) is 42.9. The Morgan fingerprint density at radius 3 is 1.30 bits per heavy atom. The molecule has 122 heavy (non-hydrogen) atoms. The number of carbonyl (C=O) groups excluding carboxylic acids is 11. The molecule has 3 atom stereocenters. The minimum Gasteiger partial charge on any atom is -0.545 e. The number of aromatic carboxylic acids is 1. The minimum atomic E-state index is -1.61. The van der Waals surface area contributed by atoms with Crippen molar-refractivity contribution >= 4 is 82.0 Å². The van der Waals surface area contributed by atoms with Crippen LogP contribution in [-0.2, 0) is 9.59 Å². The summed E-state index contributed by atoms with van der Waals surface area (Å²) < 4.78 is 5.93. The summed E-state index contributed by atoms with van der Waals surface area (Å²) in [6.07, 6.45) is 0.780. The maximum atomic E-state index is 14.8. The monoisotopic (exact) mass is 1680 g/mol. The Morgan fingerprint density at radius 1 is 0.426 bits per heavy atom. The van der Waals surface area contributed by atoms with Crippen LogP contribution >= 0.6 is 0 Å². The number of aromatic hydroxyl groups is 5. The van der Waals surface area contributed by atoms with E-state index in [1.54, 1.807) is 4.90 Å². The molecule has 10 amide bonds. The van der Waals surface area contributed by atoms with Gasteiger partial charge in [0.15, 0.2) is 5.43 Å². The smallest absolute Gasteiger partial charge is 0.303 e. The number of benzene rings is 7. The third-order valence-corrected chi connectivity index (χ3v) is 21.4. The van der Waals surface area contributed by atoms with Gasteiger partial charge in [-0.3, -0.25) is 77.1 Å². The van der Waals surface area contributed by atoms with Crippen molar-refractivity contribution in [3.63, 3.8) is 0 Å². The van der Waals surface area contributed by atoms with E-state index < -0.39 is 94.1 Å². The number of hydrogen-bond acceptors (Lipinski definition) is 25. The first-order valence-corrected chi connectivity index (χ1v) is 40.3. The molecule has 6 aromatic carbocycles. The van der Waals surface area contributed by atoms with Crippen molar-refractivity contribution < 1.29 is 97.7 Å². The van der Waals surface area contributed by atoms with Crippen molar-refractivity contribution in [3.8, 4) is 51.2 Å². The standard InChI is InChI=1S/C86H99N15O21/c102-54-19-22-57-68(49-54)122-69-50-55(103)20-23-58(69)72(57)56-21-18-52(48-67(56)86(120)121)77(111)88-26-36-97(34-7-17-71(105)106)35-24-70(104)87-25-2-1-8-53-51-101-43-33-95-83(117)64-14-5-13-63(75(64)109)80(114)91-29-39-99(40-30-94-84(118)65-15-6-16-66(76(65)110)85(119)96-53)45-44-98-37-27-89-78(112)59-9-3-11-61(73(59)107)81(115)92-31-41-100(46-47-101)42-32-93-82(116)62-12-4-10-60(74(62)108)79(113)90-28-38-98/h3-6,9-16,18-23,48-50,53,102,107-110H,1-2,7-8,17,24-47,51H2,(H,87,104)(H,88,111)(H,89,112)(H,90,113)(H,91,114)(H,92,115)(H,93,116)(H,94,118)(H,95,117)(H,96,119)(H,105,106)(H,120,121)/p-1. The summed E-state index contributed by atoms with van der Waals surface area (Å²) in [6.45, 7) is 1.40. The van der Waals surface area contributed by atoms with Crippen LogP contribution in [0, 0.1) is 0 Å². The van der Waals surface area contributed by atoms with Crippen LogP contribution in [0.1, 0.15) is 142 Å². The van der Waals surface area contributed by atoms with Gasteiger partial charge in [-0.2, -0.15) is 0 Å². The molecule has 1 aliphatic carbocycles. The molecule has 5 heterocycles. The van der Waals surface area contributed by atoms with Gasteiger partial charge in [-0.25, -0.2) is 0 Å².